The summed E-state index contributed by atoms with van der Waals surface area (Å²) in [5.74, 6) is 1.32. The van der Waals surface area contributed by atoms with Gasteiger partial charge in [0.15, 0.2) is 5.96 Å². The number of benzene rings is 1. The van der Waals surface area contributed by atoms with Crippen LogP contribution in [0.15, 0.2) is 35.3 Å². The molecule has 0 aromatic heterocycles. The van der Waals surface area contributed by atoms with Gasteiger partial charge in [0.05, 0.1) is 13.2 Å². The van der Waals surface area contributed by atoms with Crippen LogP contribution >= 0.6 is 0 Å². The second kappa shape index (κ2) is 12.4. The van der Waals surface area contributed by atoms with Crippen LogP contribution in [0, 0.1) is 5.92 Å². The zero-order valence-electron chi connectivity index (χ0n) is 17.4. The summed E-state index contributed by atoms with van der Waals surface area (Å²) in [6, 6.07) is 9.73. The Morgan fingerprint density at radius 3 is 2.43 bits per heavy atom. The van der Waals surface area contributed by atoms with E-state index in [2.05, 4.69) is 39.7 Å². The topological polar surface area (TPSA) is 78.0 Å². The summed E-state index contributed by atoms with van der Waals surface area (Å²) >= 11 is 0. The summed E-state index contributed by atoms with van der Waals surface area (Å²) < 4.78 is 5.47. The average molecular weight is 390 g/mol. The number of nitrogens with zero attached hydrogens (tertiary/aromatic N) is 2. The molecule has 1 aliphatic rings. The minimum Gasteiger partial charge on any atom is -0.379 e. The smallest absolute Gasteiger partial charge is 0.251 e. The Kier molecular flexibility index (Phi) is 9.79. The van der Waals surface area contributed by atoms with Crippen molar-refractivity contribution in [2.75, 3.05) is 53.0 Å². The first-order valence-electron chi connectivity index (χ1n) is 10.2. The lowest BCUT2D eigenvalue weighted by atomic mass is 10.0. The Morgan fingerprint density at radius 1 is 1.11 bits per heavy atom. The maximum absolute atomic E-state index is 12.0. The van der Waals surface area contributed by atoms with Gasteiger partial charge >= 0.3 is 0 Å². The van der Waals surface area contributed by atoms with Crippen LogP contribution in [0.3, 0.4) is 0 Å². The maximum Gasteiger partial charge on any atom is 0.251 e. The monoisotopic (exact) mass is 389 g/mol. The lowest BCUT2D eigenvalue weighted by Crippen LogP contribution is -2.52. The fraction of sp³-hybridized carbons (Fsp3) is 0.619. The first-order valence-corrected chi connectivity index (χ1v) is 10.2. The van der Waals surface area contributed by atoms with Crippen molar-refractivity contribution in [2.45, 2.75) is 26.3 Å². The van der Waals surface area contributed by atoms with Crippen molar-refractivity contribution < 1.29 is 9.53 Å². The lowest BCUT2D eigenvalue weighted by molar-refractivity contribution is 0.00752. The van der Waals surface area contributed by atoms with Crippen molar-refractivity contribution in [1.29, 1.82) is 0 Å². The number of rotatable bonds is 9. The number of carbonyl (C=O) groups is 1. The molecule has 2 rings (SSSR count). The van der Waals surface area contributed by atoms with E-state index in [-0.39, 0.29) is 5.91 Å². The molecule has 1 unspecified atom stereocenters. The van der Waals surface area contributed by atoms with Crippen LogP contribution < -0.4 is 16.0 Å². The molecule has 0 saturated carbocycles. The van der Waals surface area contributed by atoms with Gasteiger partial charge in [0.2, 0.25) is 0 Å². The zero-order valence-corrected chi connectivity index (χ0v) is 17.4. The SMILES string of the molecule is CN=C(NCCCNC(=O)c1ccccc1)NCC(C(C)C)N1CCOCC1. The van der Waals surface area contributed by atoms with Crippen LogP contribution in [-0.2, 0) is 4.74 Å². The maximum atomic E-state index is 12.0. The van der Waals surface area contributed by atoms with Crippen LogP contribution in [0.4, 0.5) is 0 Å². The van der Waals surface area contributed by atoms with Crippen LogP contribution in [0.25, 0.3) is 0 Å². The summed E-state index contributed by atoms with van der Waals surface area (Å²) in [5.41, 5.74) is 0.691. The van der Waals surface area contributed by atoms with E-state index in [0.717, 1.165) is 51.8 Å². The molecule has 0 radical (unpaired) electrons. The van der Waals surface area contributed by atoms with Crippen molar-refractivity contribution >= 4 is 11.9 Å². The van der Waals surface area contributed by atoms with Gasteiger partial charge in [0.25, 0.3) is 5.91 Å². The van der Waals surface area contributed by atoms with Gasteiger partial charge in [-0.05, 0) is 24.5 Å². The third kappa shape index (κ3) is 7.48. The molecule has 3 N–H and O–H groups in total. The molecule has 1 fully saturated rings. The van der Waals surface area contributed by atoms with Gasteiger partial charge in [-0.1, -0.05) is 32.0 Å². The van der Waals surface area contributed by atoms with Gasteiger partial charge in [0.1, 0.15) is 0 Å². The highest BCUT2D eigenvalue weighted by Gasteiger charge is 2.23. The number of amides is 1. The van der Waals surface area contributed by atoms with Gasteiger partial charge in [-0.25, -0.2) is 0 Å². The van der Waals surface area contributed by atoms with Crippen LogP contribution in [-0.4, -0.2) is 75.8 Å². The number of aliphatic imine (C=N–C) groups is 1. The number of guanidine groups is 1. The Balaban J connectivity index is 1.65. The number of nitrogens with one attached hydrogen (secondary N) is 3. The molecular formula is C21H35N5O2. The highest BCUT2D eigenvalue weighted by Crippen LogP contribution is 2.12. The molecule has 1 amide bonds. The van der Waals surface area contributed by atoms with Gasteiger partial charge in [-0.15, -0.1) is 0 Å². The minimum atomic E-state index is -0.0339. The fourth-order valence-electron chi connectivity index (χ4n) is 3.31. The van der Waals surface area contributed by atoms with E-state index in [0.29, 0.717) is 24.1 Å². The van der Waals surface area contributed by atoms with Crippen LogP contribution in [0.1, 0.15) is 30.6 Å². The average Bonchev–Trinajstić information content (AvgIpc) is 2.73. The largest absolute Gasteiger partial charge is 0.379 e. The Hall–Kier alpha value is -2.12. The first kappa shape index (κ1) is 22.2. The molecular weight excluding hydrogens is 354 g/mol. The van der Waals surface area contributed by atoms with Crippen molar-refractivity contribution in [3.05, 3.63) is 35.9 Å². The second-order valence-electron chi connectivity index (χ2n) is 7.32. The fourth-order valence-corrected chi connectivity index (χ4v) is 3.31. The number of carbonyl (C=O) groups excluding carboxylic acids is 1. The Morgan fingerprint density at radius 2 is 1.79 bits per heavy atom. The third-order valence-electron chi connectivity index (χ3n) is 4.95. The quantitative estimate of drug-likeness (QED) is 0.337. The standard InChI is InChI=1S/C21H35N5O2/c1-17(2)19(26-12-14-28-15-13-26)16-25-21(22-3)24-11-7-10-23-20(27)18-8-5-4-6-9-18/h4-6,8-9,17,19H,7,10-16H2,1-3H3,(H,23,27)(H2,22,24,25). The predicted octanol–water partition coefficient (Wildman–Crippen LogP) is 1.33. The van der Waals surface area contributed by atoms with E-state index in [9.17, 15) is 4.79 Å². The van der Waals surface area contributed by atoms with Crippen LogP contribution in [0.2, 0.25) is 0 Å². The first-order chi connectivity index (χ1) is 13.6. The third-order valence-corrected chi connectivity index (χ3v) is 4.95. The van der Waals surface area contributed by atoms with Crippen molar-refractivity contribution in [2.24, 2.45) is 10.9 Å². The van der Waals surface area contributed by atoms with E-state index in [1.807, 2.05) is 30.3 Å². The summed E-state index contributed by atoms with van der Waals surface area (Å²) in [6.07, 6.45) is 0.830. The van der Waals surface area contributed by atoms with Gasteiger partial charge in [-0.2, -0.15) is 0 Å². The number of morpholine rings is 1. The van der Waals surface area contributed by atoms with Gasteiger partial charge in [-0.3, -0.25) is 14.7 Å². The second-order valence-corrected chi connectivity index (χ2v) is 7.32. The summed E-state index contributed by atoms with van der Waals surface area (Å²) in [4.78, 5) is 18.8. The number of hydrogen-bond donors (Lipinski definition) is 3. The van der Waals surface area contributed by atoms with Crippen molar-refractivity contribution in [3.8, 4) is 0 Å². The Labute approximate surface area is 168 Å². The van der Waals surface area contributed by atoms with Gasteiger partial charge < -0.3 is 20.7 Å². The molecule has 7 heteroatoms. The normalized spacial score (nSPS) is 16.6. The van der Waals surface area contributed by atoms with E-state index in [1.165, 1.54) is 0 Å². The molecule has 156 valence electrons. The van der Waals surface area contributed by atoms with E-state index >= 15 is 0 Å². The molecule has 1 aromatic rings. The zero-order chi connectivity index (χ0) is 20.2. The van der Waals surface area contributed by atoms with E-state index in [4.69, 9.17) is 4.74 Å². The summed E-state index contributed by atoms with van der Waals surface area (Å²) in [6.45, 7) is 10.3. The molecule has 1 aromatic carbocycles. The lowest BCUT2D eigenvalue weighted by Gasteiger charge is -2.37. The molecule has 1 aliphatic heterocycles. The predicted molar refractivity (Wildman–Crippen MR) is 114 cm³/mol. The molecule has 0 spiro atoms. The summed E-state index contributed by atoms with van der Waals surface area (Å²) in [7, 11) is 1.78. The highest BCUT2D eigenvalue weighted by atomic mass is 16.5. The molecule has 28 heavy (non-hydrogen) atoms. The molecule has 1 saturated heterocycles. The Bertz CT molecular complexity index is 600. The van der Waals surface area contributed by atoms with E-state index < -0.39 is 0 Å². The van der Waals surface area contributed by atoms with Gasteiger partial charge in [0, 0.05) is 51.4 Å². The summed E-state index contributed by atoms with van der Waals surface area (Å²) in [5, 5.41) is 9.71. The molecule has 1 heterocycles. The number of ether oxygens (including phenoxy) is 1. The molecule has 1 atom stereocenters. The van der Waals surface area contributed by atoms with Crippen LogP contribution in [0.5, 0.6) is 0 Å². The number of hydrogen-bond acceptors (Lipinski definition) is 4. The molecule has 7 nitrogen and oxygen atoms in total. The molecule has 0 aliphatic carbocycles. The van der Waals surface area contributed by atoms with Crippen molar-refractivity contribution in [3.63, 3.8) is 0 Å². The van der Waals surface area contributed by atoms with Crippen molar-refractivity contribution in [1.82, 2.24) is 20.9 Å². The highest BCUT2D eigenvalue weighted by molar-refractivity contribution is 5.94. The van der Waals surface area contributed by atoms with E-state index in [1.54, 1.807) is 7.05 Å². The molecule has 0 bridgehead atoms. The minimum absolute atomic E-state index is 0.0339.